The van der Waals surface area contributed by atoms with Crippen molar-refractivity contribution in [3.05, 3.63) is 95.8 Å². The summed E-state index contributed by atoms with van der Waals surface area (Å²) in [4.78, 5) is 21.3. The van der Waals surface area contributed by atoms with Gasteiger partial charge in [0.1, 0.15) is 5.82 Å². The number of nitrogens with one attached hydrogen (secondary N) is 2. The van der Waals surface area contributed by atoms with E-state index in [9.17, 15) is 18.0 Å². The van der Waals surface area contributed by atoms with Crippen LogP contribution in [-0.2, 0) is 12.7 Å². The third-order valence-corrected chi connectivity index (χ3v) is 4.60. The van der Waals surface area contributed by atoms with E-state index in [1.807, 2.05) is 6.07 Å². The number of aromatic nitrogens is 2. The molecule has 0 radical (unpaired) electrons. The first-order valence-corrected chi connectivity index (χ1v) is 9.41. The van der Waals surface area contributed by atoms with Gasteiger partial charge in [-0.2, -0.15) is 13.2 Å². The van der Waals surface area contributed by atoms with Crippen LogP contribution in [0.2, 0.25) is 0 Å². The number of rotatable bonds is 5. The van der Waals surface area contributed by atoms with Gasteiger partial charge in [-0.1, -0.05) is 30.3 Å². The van der Waals surface area contributed by atoms with Crippen LogP contribution in [0.15, 0.2) is 79.1 Å². The topological polar surface area (TPSA) is 66.9 Å². The molecule has 4 aromatic rings. The maximum atomic E-state index is 13.0. The second-order valence-electron chi connectivity index (χ2n) is 6.82. The minimum absolute atomic E-state index is 0.222. The lowest BCUT2D eigenvalue weighted by atomic mass is 10.1. The Hall–Kier alpha value is -3.94. The highest BCUT2D eigenvalue weighted by atomic mass is 19.4. The van der Waals surface area contributed by atoms with Crippen LogP contribution < -0.4 is 10.6 Å². The molecule has 5 nitrogen and oxygen atoms in total. The molecule has 0 saturated heterocycles. The predicted octanol–water partition coefficient (Wildman–Crippen LogP) is 5.32. The first-order valence-electron chi connectivity index (χ1n) is 9.41. The molecular formula is C23H17F3N4O. The van der Waals surface area contributed by atoms with Gasteiger partial charge < -0.3 is 10.6 Å². The van der Waals surface area contributed by atoms with Crippen molar-refractivity contribution in [3.63, 3.8) is 0 Å². The highest BCUT2D eigenvalue weighted by Crippen LogP contribution is 2.31. The van der Waals surface area contributed by atoms with Crippen LogP contribution in [-0.4, -0.2) is 15.9 Å². The lowest BCUT2D eigenvalue weighted by molar-refractivity contribution is -0.137. The molecule has 1 amide bonds. The van der Waals surface area contributed by atoms with Crippen LogP contribution >= 0.6 is 0 Å². The molecule has 156 valence electrons. The van der Waals surface area contributed by atoms with Crippen molar-refractivity contribution in [2.75, 3.05) is 5.32 Å². The van der Waals surface area contributed by atoms with Gasteiger partial charge in [-0.05, 0) is 42.0 Å². The Bertz CT molecular complexity index is 1230. The summed E-state index contributed by atoms with van der Waals surface area (Å²) in [6.45, 7) is 0.291. The summed E-state index contributed by atoms with van der Waals surface area (Å²) >= 11 is 0. The fourth-order valence-electron chi connectivity index (χ4n) is 3.13. The molecular weight excluding hydrogens is 405 g/mol. The van der Waals surface area contributed by atoms with E-state index in [0.29, 0.717) is 23.0 Å². The van der Waals surface area contributed by atoms with Crippen molar-refractivity contribution < 1.29 is 18.0 Å². The summed E-state index contributed by atoms with van der Waals surface area (Å²) in [6, 6.07) is 17.1. The fourth-order valence-corrected chi connectivity index (χ4v) is 3.13. The molecule has 31 heavy (non-hydrogen) atoms. The highest BCUT2D eigenvalue weighted by molar-refractivity contribution is 6.07. The largest absolute Gasteiger partial charge is 0.416 e. The Labute approximate surface area is 176 Å². The summed E-state index contributed by atoms with van der Waals surface area (Å²) in [5, 5.41) is 6.36. The number of nitrogens with zero attached hydrogens (tertiary/aromatic N) is 2. The smallest absolute Gasteiger partial charge is 0.348 e. The Morgan fingerprint density at radius 3 is 2.58 bits per heavy atom. The van der Waals surface area contributed by atoms with Crippen LogP contribution in [0.4, 0.5) is 24.7 Å². The van der Waals surface area contributed by atoms with Crippen molar-refractivity contribution in [2.45, 2.75) is 12.7 Å². The zero-order valence-corrected chi connectivity index (χ0v) is 16.1. The number of hydrogen-bond donors (Lipinski definition) is 2. The minimum Gasteiger partial charge on any atom is -0.348 e. The quantitative estimate of drug-likeness (QED) is 0.457. The van der Waals surface area contributed by atoms with E-state index in [2.05, 4.69) is 20.6 Å². The van der Waals surface area contributed by atoms with Gasteiger partial charge in [-0.3, -0.25) is 9.78 Å². The molecule has 0 aliphatic rings. The van der Waals surface area contributed by atoms with Gasteiger partial charge in [0, 0.05) is 30.0 Å². The third-order valence-electron chi connectivity index (χ3n) is 4.60. The van der Waals surface area contributed by atoms with Gasteiger partial charge >= 0.3 is 6.18 Å². The average Bonchev–Trinajstić information content (AvgIpc) is 2.77. The number of benzene rings is 2. The van der Waals surface area contributed by atoms with Crippen LogP contribution in [0.3, 0.4) is 0 Å². The molecule has 2 heterocycles. The summed E-state index contributed by atoms with van der Waals surface area (Å²) in [7, 11) is 0. The van der Waals surface area contributed by atoms with Crippen LogP contribution in [0, 0.1) is 0 Å². The molecule has 2 N–H and O–H groups in total. The molecule has 0 unspecified atom stereocenters. The van der Waals surface area contributed by atoms with Crippen molar-refractivity contribution in [1.29, 1.82) is 0 Å². The maximum Gasteiger partial charge on any atom is 0.416 e. The first-order chi connectivity index (χ1) is 14.9. The van der Waals surface area contributed by atoms with Crippen molar-refractivity contribution in [3.8, 4) is 0 Å². The number of amides is 1. The highest BCUT2D eigenvalue weighted by Gasteiger charge is 2.30. The number of fused-ring (bicyclic) bond motifs is 1. The lowest BCUT2D eigenvalue weighted by Gasteiger charge is -2.13. The molecule has 8 heteroatoms. The number of hydrogen-bond acceptors (Lipinski definition) is 4. The molecule has 4 rings (SSSR count). The molecule has 2 aromatic carbocycles. The number of para-hydroxylation sites is 1. The van der Waals surface area contributed by atoms with Crippen LogP contribution in [0.1, 0.15) is 21.5 Å². The molecule has 0 aliphatic heterocycles. The van der Waals surface area contributed by atoms with Gasteiger partial charge in [-0.15, -0.1) is 0 Å². The summed E-state index contributed by atoms with van der Waals surface area (Å²) in [6.07, 6.45) is -1.15. The number of pyridine rings is 2. The molecule has 0 fully saturated rings. The monoisotopic (exact) mass is 422 g/mol. The molecule has 0 atom stereocenters. The number of alkyl halides is 3. The Morgan fingerprint density at radius 2 is 1.81 bits per heavy atom. The van der Waals surface area contributed by atoms with E-state index in [4.69, 9.17) is 0 Å². The van der Waals surface area contributed by atoms with Crippen LogP contribution in [0.25, 0.3) is 10.9 Å². The Kier molecular flexibility index (Phi) is 5.53. The maximum absolute atomic E-state index is 13.0. The van der Waals surface area contributed by atoms with Gasteiger partial charge in [-0.25, -0.2) is 4.98 Å². The Morgan fingerprint density at radius 1 is 0.968 bits per heavy atom. The number of carbonyl (C=O) groups is 1. The fraction of sp³-hybridized carbons (Fsp3) is 0.0870. The van der Waals surface area contributed by atoms with E-state index in [0.717, 1.165) is 17.7 Å². The first kappa shape index (κ1) is 20.3. The number of anilines is 2. The molecule has 0 spiro atoms. The predicted molar refractivity (Wildman–Crippen MR) is 112 cm³/mol. The van der Waals surface area contributed by atoms with Gasteiger partial charge in [0.2, 0.25) is 0 Å². The lowest BCUT2D eigenvalue weighted by Crippen LogP contribution is -2.23. The average molecular weight is 422 g/mol. The third kappa shape index (κ3) is 4.80. The van der Waals surface area contributed by atoms with Crippen molar-refractivity contribution in [1.82, 2.24) is 15.3 Å². The zero-order chi connectivity index (χ0) is 21.8. The normalized spacial score (nSPS) is 11.3. The second-order valence-corrected chi connectivity index (χ2v) is 6.82. The van der Waals surface area contributed by atoms with E-state index < -0.39 is 11.7 Å². The minimum atomic E-state index is -4.45. The molecule has 0 saturated carbocycles. The van der Waals surface area contributed by atoms with Crippen LogP contribution in [0.5, 0.6) is 0 Å². The second kappa shape index (κ2) is 8.43. The summed E-state index contributed by atoms with van der Waals surface area (Å²) in [5.41, 5.74) is 1.21. The van der Waals surface area contributed by atoms with E-state index in [-0.39, 0.29) is 17.4 Å². The van der Waals surface area contributed by atoms with E-state index in [1.54, 1.807) is 42.7 Å². The van der Waals surface area contributed by atoms with E-state index >= 15 is 0 Å². The van der Waals surface area contributed by atoms with Crippen molar-refractivity contribution in [2.24, 2.45) is 0 Å². The van der Waals surface area contributed by atoms with E-state index in [1.165, 1.54) is 18.2 Å². The number of halogens is 3. The Balaban J connectivity index is 1.64. The van der Waals surface area contributed by atoms with Gasteiger partial charge in [0.15, 0.2) is 0 Å². The molecule has 2 aromatic heterocycles. The van der Waals surface area contributed by atoms with Crippen molar-refractivity contribution >= 4 is 28.3 Å². The summed E-state index contributed by atoms with van der Waals surface area (Å²) < 4.78 is 39.0. The standard InChI is InChI=1S/C23H17F3N4O/c24-23(25,26)16-6-3-7-17(11-16)29-21-12-19(18-8-1-2-9-20(18)30-21)22(31)28-14-15-5-4-10-27-13-15/h1-13H,14H2,(H,28,31)(H,29,30). The SMILES string of the molecule is O=C(NCc1cccnc1)c1cc(Nc2cccc(C(F)(F)F)c2)nc2ccccc12. The molecule has 0 aliphatic carbocycles. The van der Waals surface area contributed by atoms with Gasteiger partial charge in [0.25, 0.3) is 5.91 Å². The molecule has 0 bridgehead atoms. The zero-order valence-electron chi connectivity index (χ0n) is 16.1. The van der Waals surface area contributed by atoms with Gasteiger partial charge in [0.05, 0.1) is 16.6 Å². The number of carbonyl (C=O) groups excluding carboxylic acids is 1. The summed E-state index contributed by atoms with van der Waals surface area (Å²) in [5.74, 6) is -0.0564.